The van der Waals surface area contributed by atoms with Crippen LogP contribution in [0, 0.1) is 0 Å². The maximum Gasteiger partial charge on any atom is 0.134 e. The van der Waals surface area contributed by atoms with Crippen LogP contribution in [0.4, 0.5) is 0 Å². The van der Waals surface area contributed by atoms with Crippen molar-refractivity contribution in [1.82, 2.24) is 5.32 Å². The van der Waals surface area contributed by atoms with Crippen LogP contribution in [-0.2, 0) is 11.1 Å². The zero-order valence-electron chi connectivity index (χ0n) is 19.4. The van der Waals surface area contributed by atoms with Crippen molar-refractivity contribution in [1.29, 1.82) is 0 Å². The first-order valence-corrected chi connectivity index (χ1v) is 11.7. The largest absolute Gasteiger partial charge is 0.497 e. The van der Waals surface area contributed by atoms with Crippen LogP contribution in [0.25, 0.3) is 0 Å². The average molecular weight is 483 g/mol. The molecular weight excluding hydrogens is 455 g/mol. The number of methoxy groups -OCH3 is 1. The van der Waals surface area contributed by atoms with Gasteiger partial charge >= 0.3 is 0 Å². The first-order valence-electron chi connectivity index (χ1n) is 10.9. The van der Waals surface area contributed by atoms with Crippen LogP contribution >= 0.6 is 23.2 Å². The summed E-state index contributed by atoms with van der Waals surface area (Å²) >= 11 is 12.4. The predicted molar refractivity (Wildman–Crippen MR) is 136 cm³/mol. The third kappa shape index (κ3) is 4.30. The Bertz CT molecular complexity index is 1180. The molecular formula is C27H28Cl2N2O2. The van der Waals surface area contributed by atoms with Crippen LogP contribution in [0.5, 0.6) is 11.5 Å². The highest BCUT2D eigenvalue weighted by molar-refractivity contribution is 6.30. The number of hydrogen-bond acceptors (Lipinski definition) is 4. The molecule has 1 aliphatic heterocycles. The third-order valence-electron chi connectivity index (χ3n) is 6.31. The quantitative estimate of drug-likeness (QED) is 0.412. The second-order valence-corrected chi connectivity index (χ2v) is 9.70. The van der Waals surface area contributed by atoms with E-state index in [1.807, 2.05) is 80.6 Å². The van der Waals surface area contributed by atoms with E-state index in [4.69, 9.17) is 37.7 Å². The van der Waals surface area contributed by atoms with Gasteiger partial charge in [0, 0.05) is 16.1 Å². The van der Waals surface area contributed by atoms with Crippen LogP contribution in [0.15, 0.2) is 71.7 Å². The minimum atomic E-state index is -0.629. The molecule has 1 heterocycles. The number of halogens is 2. The Balaban J connectivity index is 1.89. The van der Waals surface area contributed by atoms with E-state index in [9.17, 15) is 0 Å². The smallest absolute Gasteiger partial charge is 0.134 e. The lowest BCUT2D eigenvalue weighted by Crippen LogP contribution is -2.50. The number of hydrogen-bond donors (Lipinski definition) is 1. The summed E-state index contributed by atoms with van der Waals surface area (Å²) in [7, 11) is 1.65. The van der Waals surface area contributed by atoms with Gasteiger partial charge < -0.3 is 14.8 Å². The molecule has 2 atom stereocenters. The third-order valence-corrected chi connectivity index (χ3v) is 6.82. The zero-order valence-corrected chi connectivity index (χ0v) is 21.0. The summed E-state index contributed by atoms with van der Waals surface area (Å²) in [6.07, 6.45) is 0.00292. The zero-order chi connectivity index (χ0) is 23.8. The Morgan fingerprint density at radius 2 is 1.42 bits per heavy atom. The Kier molecular flexibility index (Phi) is 6.35. The maximum absolute atomic E-state index is 6.20. The number of benzene rings is 3. The molecule has 0 bridgehead atoms. The van der Waals surface area contributed by atoms with E-state index < -0.39 is 11.1 Å². The van der Waals surface area contributed by atoms with Crippen LogP contribution in [0.1, 0.15) is 44.4 Å². The molecule has 1 N–H and O–H groups in total. The van der Waals surface area contributed by atoms with E-state index in [1.54, 1.807) is 7.11 Å². The molecule has 0 aromatic heterocycles. The van der Waals surface area contributed by atoms with Gasteiger partial charge in [0.05, 0.1) is 24.3 Å². The van der Waals surface area contributed by atoms with E-state index in [2.05, 4.69) is 19.2 Å². The highest BCUT2D eigenvalue weighted by atomic mass is 35.5. The van der Waals surface area contributed by atoms with Gasteiger partial charge in [0.1, 0.15) is 22.9 Å². The number of rotatable bonds is 6. The molecule has 33 heavy (non-hydrogen) atoms. The van der Waals surface area contributed by atoms with Gasteiger partial charge in [-0.15, -0.1) is 0 Å². The molecule has 1 aliphatic rings. The van der Waals surface area contributed by atoms with Crippen molar-refractivity contribution in [2.45, 2.75) is 44.9 Å². The molecule has 0 saturated carbocycles. The summed E-state index contributed by atoms with van der Waals surface area (Å²) < 4.78 is 11.6. The van der Waals surface area contributed by atoms with Crippen molar-refractivity contribution in [3.05, 3.63) is 93.5 Å². The van der Waals surface area contributed by atoms with Crippen LogP contribution in [0.3, 0.4) is 0 Å². The van der Waals surface area contributed by atoms with Crippen molar-refractivity contribution in [2.75, 3.05) is 7.11 Å². The second kappa shape index (κ2) is 8.92. The Labute approximate surface area is 205 Å². The molecule has 3 aromatic carbocycles. The molecule has 6 heteroatoms. The summed E-state index contributed by atoms with van der Waals surface area (Å²) in [6, 6.07) is 21.6. The molecule has 0 saturated heterocycles. The molecule has 0 radical (unpaired) electrons. The topological polar surface area (TPSA) is 42.8 Å². The molecule has 3 aromatic rings. The van der Waals surface area contributed by atoms with E-state index in [0.717, 1.165) is 34.0 Å². The van der Waals surface area contributed by atoms with Gasteiger partial charge in [-0.2, -0.15) is 0 Å². The van der Waals surface area contributed by atoms with Gasteiger partial charge in [-0.3, -0.25) is 4.99 Å². The van der Waals surface area contributed by atoms with Crippen LogP contribution < -0.4 is 14.8 Å². The highest BCUT2D eigenvalue weighted by Crippen LogP contribution is 2.48. The van der Waals surface area contributed by atoms with E-state index in [-0.39, 0.29) is 6.10 Å². The standard InChI is InChI=1S/C27H28Cl2N2O2/c1-17(2)33-24-16-22(32-5)14-15-23(24)25-30-26(3,18-6-10-20(28)11-7-18)27(4,31-25)19-8-12-21(29)13-9-19/h6-17H,1-5H3,(H,30,31). The van der Waals surface area contributed by atoms with Gasteiger partial charge in [-0.25, -0.2) is 0 Å². The summed E-state index contributed by atoms with van der Waals surface area (Å²) in [6.45, 7) is 8.30. The molecule has 0 spiro atoms. The minimum absolute atomic E-state index is 0.00292. The normalized spacial score (nSPS) is 22.1. The fourth-order valence-electron chi connectivity index (χ4n) is 4.29. The van der Waals surface area contributed by atoms with E-state index in [0.29, 0.717) is 10.0 Å². The maximum atomic E-state index is 6.20. The van der Waals surface area contributed by atoms with E-state index in [1.165, 1.54) is 0 Å². The Hall–Kier alpha value is -2.69. The SMILES string of the molecule is COc1ccc(C2=NC(C)(c3ccc(Cl)cc3)C(C)(c3ccc(Cl)cc3)N2)c(OC(C)C)c1. The van der Waals surface area contributed by atoms with Crippen molar-refractivity contribution >= 4 is 29.0 Å². The van der Waals surface area contributed by atoms with Crippen LogP contribution in [0.2, 0.25) is 10.0 Å². The van der Waals surface area contributed by atoms with Crippen molar-refractivity contribution in [2.24, 2.45) is 4.99 Å². The predicted octanol–water partition coefficient (Wildman–Crippen LogP) is 6.97. The lowest BCUT2D eigenvalue weighted by molar-refractivity contribution is 0.240. The van der Waals surface area contributed by atoms with Gasteiger partial charge in [-0.1, -0.05) is 47.5 Å². The lowest BCUT2D eigenvalue weighted by atomic mass is 9.72. The molecule has 2 unspecified atom stereocenters. The molecule has 0 fully saturated rings. The van der Waals surface area contributed by atoms with Crippen LogP contribution in [-0.4, -0.2) is 19.0 Å². The molecule has 4 nitrogen and oxygen atoms in total. The van der Waals surface area contributed by atoms with Gasteiger partial charge in [-0.05, 0) is 75.2 Å². The number of nitrogens with one attached hydrogen (secondary N) is 1. The highest BCUT2D eigenvalue weighted by Gasteiger charge is 2.52. The molecule has 4 rings (SSSR count). The first-order chi connectivity index (χ1) is 15.7. The summed E-state index contributed by atoms with van der Waals surface area (Å²) in [5.74, 6) is 2.20. The van der Waals surface area contributed by atoms with Crippen molar-refractivity contribution < 1.29 is 9.47 Å². The Morgan fingerprint density at radius 3 is 1.97 bits per heavy atom. The monoisotopic (exact) mass is 482 g/mol. The summed E-state index contributed by atoms with van der Waals surface area (Å²) in [5.41, 5.74) is 1.81. The summed E-state index contributed by atoms with van der Waals surface area (Å²) in [5, 5.41) is 5.11. The average Bonchev–Trinajstić information content (AvgIpc) is 3.06. The van der Waals surface area contributed by atoms with Crippen molar-refractivity contribution in [3.63, 3.8) is 0 Å². The molecule has 172 valence electrons. The van der Waals surface area contributed by atoms with Gasteiger partial charge in [0.15, 0.2) is 0 Å². The minimum Gasteiger partial charge on any atom is -0.497 e. The molecule has 0 aliphatic carbocycles. The number of aliphatic imine (C=N–C) groups is 1. The number of amidine groups is 1. The molecule has 0 amide bonds. The fraction of sp³-hybridized carbons (Fsp3) is 0.296. The second-order valence-electron chi connectivity index (χ2n) is 8.83. The van der Waals surface area contributed by atoms with Gasteiger partial charge in [0.25, 0.3) is 0 Å². The summed E-state index contributed by atoms with van der Waals surface area (Å²) in [4.78, 5) is 5.27. The number of ether oxygens (including phenoxy) is 2. The first kappa shape index (κ1) is 23.5. The van der Waals surface area contributed by atoms with Crippen molar-refractivity contribution in [3.8, 4) is 11.5 Å². The van der Waals surface area contributed by atoms with E-state index >= 15 is 0 Å². The fourth-order valence-corrected chi connectivity index (χ4v) is 4.54. The lowest BCUT2D eigenvalue weighted by Gasteiger charge is -2.40. The Morgan fingerprint density at radius 1 is 0.848 bits per heavy atom. The number of nitrogens with zero attached hydrogens (tertiary/aromatic N) is 1. The van der Waals surface area contributed by atoms with Gasteiger partial charge in [0.2, 0.25) is 0 Å².